The molecule has 4 saturated carbocycles. The summed E-state index contributed by atoms with van der Waals surface area (Å²) in [5.74, 6) is 4.03. The van der Waals surface area contributed by atoms with Gasteiger partial charge in [-0.05, 0) is 129 Å². The normalized spacial score (nSPS) is 25.8. The van der Waals surface area contributed by atoms with Crippen molar-refractivity contribution >= 4 is 29.3 Å². The Bertz CT molecular complexity index is 1470. The molecule has 0 heterocycles. The summed E-state index contributed by atoms with van der Waals surface area (Å²) < 4.78 is 0. The average Bonchev–Trinajstić information content (AvgIpc) is 2.97. The predicted octanol–water partition coefficient (Wildman–Crippen LogP) is 11.2. The average molecular weight is 618 g/mol. The first-order valence-electron chi connectivity index (χ1n) is 16.4. The van der Waals surface area contributed by atoms with E-state index in [2.05, 4.69) is 63.2 Å². The largest absolute Gasteiger partial charge is 0.507 e. The van der Waals surface area contributed by atoms with Gasteiger partial charge in [0.05, 0.1) is 5.02 Å². The van der Waals surface area contributed by atoms with Crippen molar-refractivity contribution in [1.82, 2.24) is 0 Å². The third-order valence-electron chi connectivity index (χ3n) is 11.1. The minimum Gasteiger partial charge on any atom is -0.507 e. The van der Waals surface area contributed by atoms with E-state index in [0.29, 0.717) is 28.2 Å². The number of halogens is 2. The molecule has 4 fully saturated rings. The first-order valence-corrected chi connectivity index (χ1v) is 17.2. The van der Waals surface area contributed by atoms with Gasteiger partial charge in [-0.3, -0.25) is 0 Å². The lowest BCUT2D eigenvalue weighted by molar-refractivity contribution is -0.00622. The van der Waals surface area contributed by atoms with E-state index >= 15 is 0 Å². The molecule has 3 aromatic rings. The lowest BCUT2D eigenvalue weighted by Crippen LogP contribution is -2.48. The summed E-state index contributed by atoms with van der Waals surface area (Å²) in [4.78, 5) is 0. The second kappa shape index (κ2) is 12.5. The summed E-state index contributed by atoms with van der Waals surface area (Å²) in [5.41, 5.74) is 7.28. The molecule has 2 atom stereocenters. The van der Waals surface area contributed by atoms with Crippen molar-refractivity contribution in [3.8, 4) is 11.5 Å². The number of phenolic OH excluding ortho intramolecular Hbond substituents is 2. The monoisotopic (exact) mass is 616 g/mol. The van der Waals surface area contributed by atoms with Crippen LogP contribution in [0.25, 0.3) is 6.08 Å². The van der Waals surface area contributed by atoms with E-state index in [-0.39, 0.29) is 16.2 Å². The van der Waals surface area contributed by atoms with Crippen LogP contribution in [0.5, 0.6) is 11.5 Å². The van der Waals surface area contributed by atoms with Gasteiger partial charge in [0.15, 0.2) is 0 Å². The molecule has 0 saturated heterocycles. The van der Waals surface area contributed by atoms with Crippen molar-refractivity contribution in [3.63, 3.8) is 0 Å². The van der Waals surface area contributed by atoms with E-state index in [1.807, 2.05) is 6.08 Å². The summed E-state index contributed by atoms with van der Waals surface area (Å²) in [6.07, 6.45) is 15.8. The Morgan fingerprint density at radius 2 is 1.58 bits per heavy atom. The number of rotatable bonds is 10. The smallest absolute Gasteiger partial charge is 0.141 e. The molecule has 228 valence electrons. The molecule has 7 rings (SSSR count). The van der Waals surface area contributed by atoms with Crippen LogP contribution in [0.4, 0.5) is 0 Å². The van der Waals surface area contributed by atoms with Crippen LogP contribution in [0.2, 0.25) is 10.0 Å². The molecule has 43 heavy (non-hydrogen) atoms. The molecule has 4 aliphatic carbocycles. The number of phenols is 2. The topological polar surface area (TPSA) is 40.5 Å². The Kier molecular flexibility index (Phi) is 8.91. The molecule has 0 spiro atoms. The van der Waals surface area contributed by atoms with Gasteiger partial charge in [0.1, 0.15) is 11.5 Å². The quantitative estimate of drug-likeness (QED) is 0.238. The molecule has 3 aromatic carbocycles. The van der Waals surface area contributed by atoms with Gasteiger partial charge in [0, 0.05) is 16.1 Å². The van der Waals surface area contributed by atoms with Crippen LogP contribution in [-0.2, 0) is 18.3 Å². The van der Waals surface area contributed by atoms with Gasteiger partial charge in [-0.1, -0.05) is 97.6 Å². The lowest BCUT2D eigenvalue weighted by Gasteiger charge is -2.57. The van der Waals surface area contributed by atoms with Gasteiger partial charge in [-0.25, -0.2) is 0 Å². The Labute approximate surface area is 268 Å². The van der Waals surface area contributed by atoms with Gasteiger partial charge in [0.25, 0.3) is 0 Å². The highest BCUT2D eigenvalue weighted by Crippen LogP contribution is 2.62. The van der Waals surface area contributed by atoms with Crippen molar-refractivity contribution < 1.29 is 10.2 Å². The lowest BCUT2D eigenvalue weighted by atomic mass is 9.48. The molecular formula is C39H46Cl2O2. The van der Waals surface area contributed by atoms with Gasteiger partial charge in [-0.2, -0.15) is 0 Å². The fourth-order valence-electron chi connectivity index (χ4n) is 9.43. The van der Waals surface area contributed by atoms with Crippen molar-refractivity contribution in [3.05, 3.63) is 98.0 Å². The molecule has 0 aromatic heterocycles. The number of hydrogen-bond acceptors (Lipinski definition) is 2. The summed E-state index contributed by atoms with van der Waals surface area (Å²) in [7, 11) is 0. The number of benzene rings is 3. The van der Waals surface area contributed by atoms with E-state index in [1.54, 1.807) is 12.1 Å². The molecule has 0 amide bonds. The molecule has 0 radical (unpaired) electrons. The highest BCUT2D eigenvalue weighted by atomic mass is 35.5. The molecule has 0 aliphatic heterocycles. The Hall–Kier alpha value is -2.42. The van der Waals surface area contributed by atoms with Gasteiger partial charge in [0.2, 0.25) is 0 Å². The van der Waals surface area contributed by atoms with Gasteiger partial charge >= 0.3 is 0 Å². The Balaban J connectivity index is 1.19. The fraction of sp³-hybridized carbons (Fsp3) is 0.487. The number of allylic oxidation sites excluding steroid dienone is 1. The summed E-state index contributed by atoms with van der Waals surface area (Å²) in [6.45, 7) is 6.88. The highest BCUT2D eigenvalue weighted by Gasteiger charge is 2.52. The van der Waals surface area contributed by atoms with E-state index < -0.39 is 0 Å². The summed E-state index contributed by atoms with van der Waals surface area (Å²) in [5, 5.41) is 22.9. The zero-order valence-corrected chi connectivity index (χ0v) is 27.4. The van der Waals surface area contributed by atoms with E-state index in [9.17, 15) is 10.2 Å². The minimum absolute atomic E-state index is 0.0628. The standard InChI is InChI=1S/C39H46Cl2O2/c1-4-29(18-32-13-24(2)14-35(37(32)42)39-21-26-15-27(22-39)17-28(16-26)23-39)25(3)34-12-8-7-10-30(34)9-5-6-11-31-19-33(40)20-36(41)38(31)43/h6-8,10-14,19-20,25-29,42-43H,4-5,9,15-18,21-23H2,1-3H3. The maximum atomic E-state index is 11.9. The number of hydrogen-bond donors (Lipinski definition) is 2. The molecule has 2 N–H and O–H groups in total. The summed E-state index contributed by atoms with van der Waals surface area (Å²) >= 11 is 12.2. The van der Waals surface area contributed by atoms with Crippen molar-refractivity contribution in [1.29, 1.82) is 0 Å². The molecule has 4 bridgehead atoms. The van der Waals surface area contributed by atoms with Crippen molar-refractivity contribution in [2.45, 2.75) is 96.3 Å². The maximum Gasteiger partial charge on any atom is 0.141 e. The predicted molar refractivity (Wildman–Crippen MR) is 181 cm³/mol. The second-order valence-electron chi connectivity index (χ2n) is 14.1. The highest BCUT2D eigenvalue weighted by molar-refractivity contribution is 6.35. The summed E-state index contributed by atoms with van der Waals surface area (Å²) in [6, 6.07) is 16.7. The molecule has 2 unspecified atom stereocenters. The van der Waals surface area contributed by atoms with Crippen LogP contribution >= 0.6 is 23.2 Å². The first kappa shape index (κ1) is 30.6. The van der Waals surface area contributed by atoms with Gasteiger partial charge in [-0.15, -0.1) is 0 Å². The zero-order chi connectivity index (χ0) is 30.3. The van der Waals surface area contributed by atoms with Crippen LogP contribution in [0.15, 0.2) is 54.6 Å². The zero-order valence-electron chi connectivity index (χ0n) is 25.9. The van der Waals surface area contributed by atoms with E-state index in [1.165, 1.54) is 60.8 Å². The minimum atomic E-state index is 0.0628. The van der Waals surface area contributed by atoms with Gasteiger partial charge < -0.3 is 10.2 Å². The Morgan fingerprint density at radius 3 is 2.26 bits per heavy atom. The Morgan fingerprint density at radius 1 is 0.907 bits per heavy atom. The first-order chi connectivity index (χ1) is 20.7. The van der Waals surface area contributed by atoms with Crippen LogP contribution < -0.4 is 0 Å². The van der Waals surface area contributed by atoms with Crippen LogP contribution in [-0.4, -0.2) is 10.2 Å². The van der Waals surface area contributed by atoms with E-state index in [4.69, 9.17) is 23.2 Å². The molecule has 4 aliphatic rings. The fourth-order valence-corrected chi connectivity index (χ4v) is 9.94. The van der Waals surface area contributed by atoms with E-state index in [0.717, 1.165) is 49.0 Å². The number of aryl methyl sites for hydroxylation is 2. The number of aromatic hydroxyl groups is 2. The van der Waals surface area contributed by atoms with Crippen molar-refractivity contribution in [2.24, 2.45) is 23.7 Å². The molecule has 4 heteroatoms. The maximum absolute atomic E-state index is 11.9. The molecular weight excluding hydrogens is 571 g/mol. The van der Waals surface area contributed by atoms with Crippen LogP contribution in [0.1, 0.15) is 105 Å². The SMILES string of the molecule is CCC(Cc1cc(C)cc(C23CC4CC(CC(C4)C2)C3)c1O)C(C)c1ccccc1CCC=Cc1cc(Cl)cc(Cl)c1O. The third-order valence-corrected chi connectivity index (χ3v) is 11.6. The van der Waals surface area contributed by atoms with Crippen molar-refractivity contribution in [2.75, 3.05) is 0 Å². The third kappa shape index (κ3) is 6.25. The van der Waals surface area contributed by atoms with Crippen LogP contribution in [0.3, 0.4) is 0 Å². The molecule has 2 nitrogen and oxygen atoms in total. The second-order valence-corrected chi connectivity index (χ2v) is 15.0. The van der Waals surface area contributed by atoms with Crippen LogP contribution in [0, 0.1) is 30.6 Å².